The van der Waals surface area contributed by atoms with E-state index in [1.165, 1.54) is 4.90 Å². The van der Waals surface area contributed by atoms with E-state index in [9.17, 15) is 9.59 Å². The molecule has 0 heterocycles. The van der Waals surface area contributed by atoms with Gasteiger partial charge in [0, 0.05) is 24.6 Å². The highest BCUT2D eigenvalue weighted by molar-refractivity contribution is 7.98. The molecule has 0 spiro atoms. The van der Waals surface area contributed by atoms with Gasteiger partial charge in [-0.1, -0.05) is 12.1 Å². The predicted molar refractivity (Wildman–Crippen MR) is 90.6 cm³/mol. The van der Waals surface area contributed by atoms with Crippen molar-refractivity contribution in [2.45, 2.75) is 4.90 Å². The maximum atomic E-state index is 12.3. The van der Waals surface area contributed by atoms with Crippen LogP contribution in [-0.2, 0) is 0 Å². The quantitative estimate of drug-likeness (QED) is 0.880. The lowest BCUT2D eigenvalue weighted by Gasteiger charge is -2.14. The van der Waals surface area contributed by atoms with Crippen molar-refractivity contribution in [1.29, 1.82) is 0 Å². The molecule has 2 aromatic rings. The highest BCUT2D eigenvalue weighted by Gasteiger charge is 2.15. The molecule has 0 saturated heterocycles. The Balaban J connectivity index is 2.23. The molecule has 0 radical (unpaired) electrons. The summed E-state index contributed by atoms with van der Waals surface area (Å²) in [5.41, 5.74) is 1.55. The van der Waals surface area contributed by atoms with Crippen LogP contribution in [0.25, 0.3) is 0 Å². The standard InChI is InChI=1S/C17H18N2O2S/c1-19(2)17(21)14-6-4-5-7-15(14)18-16(20)12-8-10-13(22-3)11-9-12/h4-11H,1-3H3,(H,18,20). The van der Waals surface area contributed by atoms with Gasteiger partial charge in [0.05, 0.1) is 11.3 Å². The molecule has 22 heavy (non-hydrogen) atoms. The number of amides is 2. The number of hydrogen-bond acceptors (Lipinski definition) is 3. The molecule has 1 N–H and O–H groups in total. The largest absolute Gasteiger partial charge is 0.345 e. The van der Waals surface area contributed by atoms with Gasteiger partial charge in [-0.15, -0.1) is 11.8 Å². The highest BCUT2D eigenvalue weighted by atomic mass is 32.2. The Labute approximate surface area is 134 Å². The molecule has 0 bridgehead atoms. The van der Waals surface area contributed by atoms with Gasteiger partial charge in [-0.25, -0.2) is 0 Å². The van der Waals surface area contributed by atoms with E-state index in [-0.39, 0.29) is 11.8 Å². The summed E-state index contributed by atoms with van der Waals surface area (Å²) < 4.78 is 0. The molecule has 4 nitrogen and oxygen atoms in total. The lowest BCUT2D eigenvalue weighted by molar-refractivity contribution is 0.0828. The van der Waals surface area contributed by atoms with Crippen LogP contribution in [0.15, 0.2) is 53.4 Å². The van der Waals surface area contributed by atoms with Crippen LogP contribution in [-0.4, -0.2) is 37.1 Å². The minimum atomic E-state index is -0.230. The molecule has 0 aromatic heterocycles. The van der Waals surface area contributed by atoms with Gasteiger partial charge >= 0.3 is 0 Å². The van der Waals surface area contributed by atoms with E-state index in [0.717, 1.165) is 4.90 Å². The predicted octanol–water partition coefficient (Wildman–Crippen LogP) is 3.36. The Morgan fingerprint density at radius 3 is 2.23 bits per heavy atom. The molecule has 0 atom stereocenters. The number of nitrogens with zero attached hydrogens (tertiary/aromatic N) is 1. The van der Waals surface area contributed by atoms with Gasteiger partial charge in [0.1, 0.15) is 0 Å². The third kappa shape index (κ3) is 3.68. The van der Waals surface area contributed by atoms with Gasteiger partial charge < -0.3 is 10.2 Å². The van der Waals surface area contributed by atoms with Crippen LogP contribution in [0.2, 0.25) is 0 Å². The van der Waals surface area contributed by atoms with Gasteiger partial charge in [0.15, 0.2) is 0 Å². The highest BCUT2D eigenvalue weighted by Crippen LogP contribution is 2.19. The first-order chi connectivity index (χ1) is 10.5. The number of anilines is 1. The van der Waals surface area contributed by atoms with Crippen LogP contribution in [0, 0.1) is 0 Å². The Morgan fingerprint density at radius 2 is 1.64 bits per heavy atom. The molecule has 0 saturated carbocycles. The molecule has 5 heteroatoms. The summed E-state index contributed by atoms with van der Waals surface area (Å²) in [5, 5.41) is 2.81. The number of thioether (sulfide) groups is 1. The average molecular weight is 314 g/mol. The van der Waals surface area contributed by atoms with E-state index in [1.54, 1.807) is 62.3 Å². The molecular formula is C17H18N2O2S. The van der Waals surface area contributed by atoms with Crippen LogP contribution in [0.1, 0.15) is 20.7 Å². The number of hydrogen-bond donors (Lipinski definition) is 1. The van der Waals surface area contributed by atoms with E-state index in [4.69, 9.17) is 0 Å². The number of benzene rings is 2. The zero-order valence-corrected chi connectivity index (χ0v) is 13.6. The molecule has 0 unspecified atom stereocenters. The minimum Gasteiger partial charge on any atom is -0.345 e. The summed E-state index contributed by atoms with van der Waals surface area (Å²) in [6.45, 7) is 0. The van der Waals surface area contributed by atoms with Gasteiger partial charge in [-0.05, 0) is 42.7 Å². The van der Waals surface area contributed by atoms with Crippen molar-refractivity contribution in [1.82, 2.24) is 4.90 Å². The van der Waals surface area contributed by atoms with Crippen molar-refractivity contribution >= 4 is 29.3 Å². The topological polar surface area (TPSA) is 49.4 Å². The van der Waals surface area contributed by atoms with E-state index >= 15 is 0 Å². The van der Waals surface area contributed by atoms with Crippen molar-refractivity contribution in [3.63, 3.8) is 0 Å². The van der Waals surface area contributed by atoms with Crippen molar-refractivity contribution in [3.8, 4) is 0 Å². The van der Waals surface area contributed by atoms with E-state index in [2.05, 4.69) is 5.32 Å². The smallest absolute Gasteiger partial charge is 0.255 e. The number of nitrogens with one attached hydrogen (secondary N) is 1. The van der Waals surface area contributed by atoms with Crippen LogP contribution < -0.4 is 5.32 Å². The zero-order valence-electron chi connectivity index (χ0n) is 12.8. The first-order valence-corrected chi connectivity index (χ1v) is 8.01. The molecule has 0 aliphatic carbocycles. The van der Waals surface area contributed by atoms with Gasteiger partial charge in [-0.3, -0.25) is 9.59 Å². The van der Waals surface area contributed by atoms with Crippen molar-refractivity contribution in [2.75, 3.05) is 25.7 Å². The number of rotatable bonds is 4. The van der Waals surface area contributed by atoms with Crippen LogP contribution >= 0.6 is 11.8 Å². The summed E-state index contributed by atoms with van der Waals surface area (Å²) in [7, 11) is 3.37. The second-order valence-electron chi connectivity index (χ2n) is 4.93. The number of para-hydroxylation sites is 1. The first-order valence-electron chi connectivity index (χ1n) is 6.79. The Kier molecular flexibility index (Phi) is 5.22. The second-order valence-corrected chi connectivity index (χ2v) is 5.81. The zero-order chi connectivity index (χ0) is 16.1. The van der Waals surface area contributed by atoms with Crippen molar-refractivity contribution in [2.24, 2.45) is 0 Å². The third-order valence-electron chi connectivity index (χ3n) is 3.16. The summed E-state index contributed by atoms with van der Waals surface area (Å²) in [4.78, 5) is 27.0. The van der Waals surface area contributed by atoms with Crippen LogP contribution in [0.3, 0.4) is 0 Å². The first kappa shape index (κ1) is 16.1. The lowest BCUT2D eigenvalue weighted by atomic mass is 10.1. The summed E-state index contributed by atoms with van der Waals surface area (Å²) >= 11 is 1.62. The molecule has 0 fully saturated rings. The summed E-state index contributed by atoms with van der Waals surface area (Å²) in [6.07, 6.45) is 1.98. The number of carbonyl (C=O) groups excluding carboxylic acids is 2. The SMILES string of the molecule is CSc1ccc(C(=O)Nc2ccccc2C(=O)N(C)C)cc1. The van der Waals surface area contributed by atoms with Gasteiger partial charge in [0.2, 0.25) is 0 Å². The third-order valence-corrected chi connectivity index (χ3v) is 3.91. The van der Waals surface area contributed by atoms with E-state index in [0.29, 0.717) is 16.8 Å². The fourth-order valence-electron chi connectivity index (χ4n) is 1.96. The van der Waals surface area contributed by atoms with E-state index in [1.807, 2.05) is 18.4 Å². The fourth-order valence-corrected chi connectivity index (χ4v) is 2.36. The van der Waals surface area contributed by atoms with Crippen molar-refractivity contribution < 1.29 is 9.59 Å². The Bertz CT molecular complexity index is 681. The minimum absolute atomic E-state index is 0.145. The van der Waals surface area contributed by atoms with Crippen molar-refractivity contribution in [3.05, 3.63) is 59.7 Å². The summed E-state index contributed by atoms with van der Waals surface area (Å²) in [5.74, 6) is -0.375. The summed E-state index contributed by atoms with van der Waals surface area (Å²) in [6, 6.07) is 14.3. The lowest BCUT2D eigenvalue weighted by Crippen LogP contribution is -2.24. The monoisotopic (exact) mass is 314 g/mol. The molecule has 0 aliphatic heterocycles. The number of carbonyl (C=O) groups is 2. The second kappa shape index (κ2) is 7.13. The molecule has 0 aliphatic rings. The molecule has 2 rings (SSSR count). The fraction of sp³-hybridized carbons (Fsp3) is 0.176. The average Bonchev–Trinajstić information content (AvgIpc) is 2.54. The normalized spacial score (nSPS) is 10.1. The molecular weight excluding hydrogens is 296 g/mol. The van der Waals surface area contributed by atoms with Gasteiger partial charge in [-0.2, -0.15) is 0 Å². The molecule has 2 aromatic carbocycles. The van der Waals surface area contributed by atoms with Crippen LogP contribution in [0.5, 0.6) is 0 Å². The van der Waals surface area contributed by atoms with Crippen LogP contribution in [0.4, 0.5) is 5.69 Å². The van der Waals surface area contributed by atoms with Gasteiger partial charge in [0.25, 0.3) is 11.8 Å². The molecule has 2 amide bonds. The maximum absolute atomic E-state index is 12.3. The Hall–Kier alpha value is -2.27. The maximum Gasteiger partial charge on any atom is 0.255 e. The Morgan fingerprint density at radius 1 is 1.00 bits per heavy atom. The van der Waals surface area contributed by atoms with E-state index < -0.39 is 0 Å². The molecule has 114 valence electrons.